The molecule has 0 bridgehead atoms. The maximum Gasteiger partial charge on any atom is 0.0622 e. The second-order valence-corrected chi connectivity index (χ2v) is 5.50. The molecule has 0 amide bonds. The standard InChI is InChI=1S/C12H18ClNO/c1-12(2,3)7-10(15)6-9-4-5-14-8-11(9)13/h4-5,8,10,15H,6-7H2,1-3H3. The van der Waals surface area contributed by atoms with Gasteiger partial charge in [-0.3, -0.25) is 4.98 Å². The largest absolute Gasteiger partial charge is 0.393 e. The number of nitrogens with zero attached hydrogens (tertiary/aromatic N) is 1. The van der Waals surface area contributed by atoms with Crippen molar-refractivity contribution in [2.45, 2.75) is 39.7 Å². The van der Waals surface area contributed by atoms with Crippen molar-refractivity contribution in [1.29, 1.82) is 0 Å². The molecule has 0 saturated carbocycles. The lowest BCUT2D eigenvalue weighted by Crippen LogP contribution is -2.19. The van der Waals surface area contributed by atoms with Gasteiger partial charge in [-0.2, -0.15) is 0 Å². The molecule has 1 rings (SSSR count). The number of aliphatic hydroxyl groups is 1. The summed E-state index contributed by atoms with van der Waals surface area (Å²) in [5, 5.41) is 10.5. The molecule has 2 nitrogen and oxygen atoms in total. The molecule has 0 spiro atoms. The van der Waals surface area contributed by atoms with Crippen molar-refractivity contribution in [2.75, 3.05) is 0 Å². The Bertz CT molecular complexity index is 320. The van der Waals surface area contributed by atoms with Crippen molar-refractivity contribution < 1.29 is 5.11 Å². The van der Waals surface area contributed by atoms with Crippen LogP contribution in [0.1, 0.15) is 32.8 Å². The van der Waals surface area contributed by atoms with Crippen LogP contribution in [0.3, 0.4) is 0 Å². The van der Waals surface area contributed by atoms with Crippen LogP contribution < -0.4 is 0 Å². The topological polar surface area (TPSA) is 33.1 Å². The highest BCUT2D eigenvalue weighted by Gasteiger charge is 2.17. The van der Waals surface area contributed by atoms with E-state index in [1.165, 1.54) is 0 Å². The van der Waals surface area contributed by atoms with Gasteiger partial charge in [0.25, 0.3) is 0 Å². The summed E-state index contributed by atoms with van der Waals surface area (Å²) < 4.78 is 0. The lowest BCUT2D eigenvalue weighted by molar-refractivity contribution is 0.121. The lowest BCUT2D eigenvalue weighted by atomic mass is 9.87. The van der Waals surface area contributed by atoms with Gasteiger partial charge in [-0.1, -0.05) is 32.4 Å². The van der Waals surface area contributed by atoms with Gasteiger partial charge in [0.1, 0.15) is 0 Å². The minimum Gasteiger partial charge on any atom is -0.393 e. The van der Waals surface area contributed by atoms with Gasteiger partial charge in [-0.25, -0.2) is 0 Å². The summed E-state index contributed by atoms with van der Waals surface area (Å²) in [4.78, 5) is 3.91. The fourth-order valence-electron chi connectivity index (χ4n) is 1.60. The first-order valence-corrected chi connectivity index (χ1v) is 5.53. The summed E-state index contributed by atoms with van der Waals surface area (Å²) in [6.07, 6.45) is 4.33. The van der Waals surface area contributed by atoms with Crippen molar-refractivity contribution in [3.63, 3.8) is 0 Å². The zero-order valence-electron chi connectivity index (χ0n) is 9.50. The zero-order valence-corrected chi connectivity index (χ0v) is 10.3. The Morgan fingerprint density at radius 2 is 2.13 bits per heavy atom. The molecule has 0 aliphatic carbocycles. The van der Waals surface area contributed by atoms with Gasteiger partial charge in [0.15, 0.2) is 0 Å². The molecule has 1 aromatic rings. The van der Waals surface area contributed by atoms with Crippen molar-refractivity contribution in [1.82, 2.24) is 4.98 Å². The quantitative estimate of drug-likeness (QED) is 0.861. The Hall–Kier alpha value is -0.600. The summed E-state index contributed by atoms with van der Waals surface area (Å²) >= 11 is 5.97. The summed E-state index contributed by atoms with van der Waals surface area (Å²) in [6, 6.07) is 1.86. The van der Waals surface area contributed by atoms with Crippen molar-refractivity contribution >= 4 is 11.6 Å². The average molecular weight is 228 g/mol. The molecule has 0 saturated heterocycles. The van der Waals surface area contributed by atoms with Crippen LogP contribution in [0.2, 0.25) is 5.02 Å². The van der Waals surface area contributed by atoms with Crippen LogP contribution in [0.4, 0.5) is 0 Å². The third-order valence-electron chi connectivity index (χ3n) is 2.16. The molecule has 1 N–H and O–H groups in total. The molecular formula is C12H18ClNO. The Morgan fingerprint density at radius 3 is 2.67 bits per heavy atom. The predicted octanol–water partition coefficient (Wildman–Crippen LogP) is 3.07. The van der Waals surface area contributed by atoms with Gasteiger partial charge in [0.2, 0.25) is 0 Å². The van der Waals surface area contributed by atoms with Gasteiger partial charge in [0, 0.05) is 12.4 Å². The summed E-state index contributed by atoms with van der Waals surface area (Å²) in [5.74, 6) is 0. The second-order valence-electron chi connectivity index (χ2n) is 5.09. The Labute approximate surface area is 96.3 Å². The van der Waals surface area contributed by atoms with Crippen LogP contribution in [0.15, 0.2) is 18.5 Å². The van der Waals surface area contributed by atoms with Crippen LogP contribution in [-0.4, -0.2) is 16.2 Å². The number of aromatic nitrogens is 1. The van der Waals surface area contributed by atoms with E-state index in [0.717, 1.165) is 12.0 Å². The maximum atomic E-state index is 9.88. The minimum atomic E-state index is -0.343. The first-order chi connectivity index (χ1) is 6.88. The Kier molecular flexibility index (Phi) is 4.12. The third kappa shape index (κ3) is 4.63. The highest BCUT2D eigenvalue weighted by molar-refractivity contribution is 6.31. The number of hydrogen-bond acceptors (Lipinski definition) is 2. The van der Waals surface area contributed by atoms with E-state index in [9.17, 15) is 5.11 Å². The van der Waals surface area contributed by atoms with E-state index in [1.54, 1.807) is 12.4 Å². The van der Waals surface area contributed by atoms with Crippen LogP contribution in [0.25, 0.3) is 0 Å². The van der Waals surface area contributed by atoms with E-state index in [2.05, 4.69) is 25.8 Å². The highest BCUT2D eigenvalue weighted by Crippen LogP contribution is 2.24. The van der Waals surface area contributed by atoms with Crippen molar-refractivity contribution in [2.24, 2.45) is 5.41 Å². The SMILES string of the molecule is CC(C)(C)CC(O)Cc1ccncc1Cl. The fourth-order valence-corrected chi connectivity index (χ4v) is 1.80. The van der Waals surface area contributed by atoms with Crippen molar-refractivity contribution in [3.8, 4) is 0 Å². The molecule has 0 aromatic carbocycles. The Balaban J connectivity index is 2.59. The van der Waals surface area contributed by atoms with E-state index < -0.39 is 0 Å². The molecule has 1 unspecified atom stereocenters. The molecule has 0 radical (unpaired) electrons. The molecule has 1 aromatic heterocycles. The normalized spacial score (nSPS) is 13.9. The highest BCUT2D eigenvalue weighted by atomic mass is 35.5. The van der Waals surface area contributed by atoms with Gasteiger partial charge in [-0.15, -0.1) is 0 Å². The van der Waals surface area contributed by atoms with Crippen molar-refractivity contribution in [3.05, 3.63) is 29.0 Å². The lowest BCUT2D eigenvalue weighted by Gasteiger charge is -2.22. The number of pyridine rings is 1. The summed E-state index contributed by atoms with van der Waals surface area (Å²) in [5.41, 5.74) is 1.10. The van der Waals surface area contributed by atoms with E-state index >= 15 is 0 Å². The monoisotopic (exact) mass is 227 g/mol. The van der Waals surface area contributed by atoms with Gasteiger partial charge < -0.3 is 5.11 Å². The first kappa shape index (κ1) is 12.5. The molecule has 0 aliphatic rings. The van der Waals surface area contributed by atoms with E-state index in [1.807, 2.05) is 6.07 Å². The van der Waals surface area contributed by atoms with E-state index in [4.69, 9.17) is 11.6 Å². The molecule has 1 atom stereocenters. The second kappa shape index (κ2) is 4.95. The molecule has 15 heavy (non-hydrogen) atoms. The van der Waals surface area contributed by atoms with Gasteiger partial charge in [0.05, 0.1) is 11.1 Å². The predicted molar refractivity (Wildman–Crippen MR) is 63.0 cm³/mol. The third-order valence-corrected chi connectivity index (χ3v) is 2.50. The van der Waals surface area contributed by atoms with E-state index in [-0.39, 0.29) is 11.5 Å². The van der Waals surface area contributed by atoms with Gasteiger partial charge >= 0.3 is 0 Å². The van der Waals surface area contributed by atoms with Crippen LogP contribution >= 0.6 is 11.6 Å². The summed E-state index contributed by atoms with van der Waals surface area (Å²) in [7, 11) is 0. The molecule has 84 valence electrons. The zero-order chi connectivity index (χ0) is 11.5. The minimum absolute atomic E-state index is 0.138. The van der Waals surface area contributed by atoms with E-state index in [0.29, 0.717) is 11.4 Å². The summed E-state index contributed by atoms with van der Waals surface area (Å²) in [6.45, 7) is 6.35. The molecular weight excluding hydrogens is 210 g/mol. The molecule has 1 heterocycles. The average Bonchev–Trinajstić information content (AvgIpc) is 2.05. The molecule has 3 heteroatoms. The number of hydrogen-bond donors (Lipinski definition) is 1. The molecule has 0 fully saturated rings. The maximum absolute atomic E-state index is 9.88. The fraction of sp³-hybridized carbons (Fsp3) is 0.583. The number of aliphatic hydroxyl groups excluding tert-OH is 1. The first-order valence-electron chi connectivity index (χ1n) is 5.15. The van der Waals surface area contributed by atoms with Crippen LogP contribution in [0.5, 0.6) is 0 Å². The molecule has 0 aliphatic heterocycles. The van der Waals surface area contributed by atoms with Crippen LogP contribution in [0, 0.1) is 5.41 Å². The smallest absolute Gasteiger partial charge is 0.0622 e. The van der Waals surface area contributed by atoms with Gasteiger partial charge in [-0.05, 0) is 29.9 Å². The number of halogens is 1. The number of rotatable bonds is 3. The Morgan fingerprint density at radius 1 is 1.47 bits per heavy atom. The van der Waals surface area contributed by atoms with Crippen LogP contribution in [-0.2, 0) is 6.42 Å².